The first-order valence-electron chi connectivity index (χ1n) is 5.90. The third-order valence-electron chi connectivity index (χ3n) is 3.00. The second kappa shape index (κ2) is 4.18. The minimum Gasteiger partial charge on any atom is -0.461 e. The summed E-state index contributed by atoms with van der Waals surface area (Å²) in [6, 6.07) is 12.3. The van der Waals surface area contributed by atoms with E-state index in [0.717, 1.165) is 33.7 Å². The molecule has 3 heteroatoms. The van der Waals surface area contributed by atoms with Crippen LogP contribution in [0.3, 0.4) is 0 Å². The average Bonchev–Trinajstić information content (AvgIpc) is 2.84. The van der Waals surface area contributed by atoms with Gasteiger partial charge in [-0.25, -0.2) is 4.98 Å². The van der Waals surface area contributed by atoms with E-state index in [-0.39, 0.29) is 0 Å². The van der Waals surface area contributed by atoms with Crippen molar-refractivity contribution in [2.75, 3.05) is 12.4 Å². The Hall–Kier alpha value is -2.29. The maximum absolute atomic E-state index is 5.64. The van der Waals surface area contributed by atoms with Crippen molar-refractivity contribution in [2.24, 2.45) is 0 Å². The van der Waals surface area contributed by atoms with Crippen LogP contribution in [-0.2, 0) is 0 Å². The highest BCUT2D eigenvalue weighted by atomic mass is 16.3. The average molecular weight is 238 g/mol. The molecule has 1 N–H and O–H groups in total. The van der Waals surface area contributed by atoms with Crippen molar-refractivity contribution in [1.29, 1.82) is 0 Å². The molecule has 0 bridgehead atoms. The molecule has 0 aliphatic rings. The molecule has 0 amide bonds. The Bertz CT molecular complexity index is 701. The number of hydrogen-bond acceptors (Lipinski definition) is 3. The molecule has 0 aliphatic carbocycles. The molecule has 90 valence electrons. The minimum atomic E-state index is 0.871. The van der Waals surface area contributed by atoms with Gasteiger partial charge in [0.1, 0.15) is 17.3 Å². The van der Waals surface area contributed by atoms with E-state index < -0.39 is 0 Å². The molecule has 0 atom stereocenters. The normalized spacial score (nSPS) is 10.8. The second-order valence-electron chi connectivity index (χ2n) is 4.29. The van der Waals surface area contributed by atoms with Crippen molar-refractivity contribution in [2.45, 2.75) is 6.92 Å². The maximum Gasteiger partial charge on any atom is 0.134 e. The zero-order valence-corrected chi connectivity index (χ0v) is 10.4. The molecule has 0 unspecified atom stereocenters. The first-order valence-corrected chi connectivity index (χ1v) is 5.90. The van der Waals surface area contributed by atoms with Gasteiger partial charge in [-0.1, -0.05) is 12.1 Å². The van der Waals surface area contributed by atoms with Gasteiger partial charge in [0.05, 0.1) is 0 Å². The van der Waals surface area contributed by atoms with Gasteiger partial charge in [-0.05, 0) is 36.6 Å². The van der Waals surface area contributed by atoms with Crippen LogP contribution >= 0.6 is 0 Å². The fourth-order valence-corrected chi connectivity index (χ4v) is 2.02. The molecular weight excluding hydrogens is 224 g/mol. The highest BCUT2D eigenvalue weighted by Gasteiger charge is 2.04. The maximum atomic E-state index is 5.64. The molecule has 0 saturated carbocycles. The predicted molar refractivity (Wildman–Crippen MR) is 73.7 cm³/mol. The summed E-state index contributed by atoms with van der Waals surface area (Å²) in [4.78, 5) is 4.30. The summed E-state index contributed by atoms with van der Waals surface area (Å²) in [7, 11) is 1.87. The third-order valence-corrected chi connectivity index (χ3v) is 3.00. The van der Waals surface area contributed by atoms with Gasteiger partial charge in [0.15, 0.2) is 0 Å². The van der Waals surface area contributed by atoms with Gasteiger partial charge in [0.2, 0.25) is 0 Å². The zero-order valence-electron chi connectivity index (χ0n) is 10.4. The number of benzene rings is 1. The quantitative estimate of drug-likeness (QED) is 0.737. The summed E-state index contributed by atoms with van der Waals surface area (Å²) in [5.74, 6) is 2.70. The Labute approximate surface area is 105 Å². The summed E-state index contributed by atoms with van der Waals surface area (Å²) in [6.07, 6.45) is 1.87. The van der Waals surface area contributed by atoms with E-state index in [2.05, 4.69) is 28.5 Å². The molecule has 18 heavy (non-hydrogen) atoms. The monoisotopic (exact) mass is 238 g/mol. The lowest BCUT2D eigenvalue weighted by Gasteiger charge is -2.04. The summed E-state index contributed by atoms with van der Waals surface area (Å²) in [5.41, 5.74) is 1.09. The highest BCUT2D eigenvalue weighted by Crippen LogP contribution is 2.26. The topological polar surface area (TPSA) is 38.1 Å². The number of aryl methyl sites for hydroxylation is 1. The number of hydrogen-bond donors (Lipinski definition) is 1. The molecule has 1 aromatic carbocycles. The van der Waals surface area contributed by atoms with Crippen molar-refractivity contribution >= 4 is 16.6 Å². The number of rotatable bonds is 2. The van der Waals surface area contributed by atoms with Crippen LogP contribution in [0.25, 0.3) is 22.1 Å². The molecule has 3 rings (SSSR count). The largest absolute Gasteiger partial charge is 0.461 e. The predicted octanol–water partition coefficient (Wildman–Crippen LogP) is 3.84. The molecular formula is C15H14N2O. The van der Waals surface area contributed by atoms with Crippen LogP contribution in [0.4, 0.5) is 5.82 Å². The fraction of sp³-hybridized carbons (Fsp3) is 0.133. The van der Waals surface area contributed by atoms with E-state index in [1.165, 1.54) is 0 Å². The number of furan rings is 1. The Balaban J connectivity index is 2.14. The SMILES string of the molecule is CNc1cc2cc(-c3ccc(C)o3)ccc2cn1. The molecule has 0 fully saturated rings. The number of pyridine rings is 1. The van der Waals surface area contributed by atoms with Crippen LogP contribution < -0.4 is 5.32 Å². The zero-order chi connectivity index (χ0) is 12.5. The van der Waals surface area contributed by atoms with Crippen molar-refractivity contribution in [3.05, 3.63) is 48.4 Å². The van der Waals surface area contributed by atoms with Crippen molar-refractivity contribution < 1.29 is 4.42 Å². The van der Waals surface area contributed by atoms with Crippen LogP contribution in [0.1, 0.15) is 5.76 Å². The number of anilines is 1. The van der Waals surface area contributed by atoms with Crippen LogP contribution in [0.5, 0.6) is 0 Å². The van der Waals surface area contributed by atoms with E-state index in [1.54, 1.807) is 0 Å². The Kier molecular flexibility index (Phi) is 2.52. The molecule has 0 saturated heterocycles. The van der Waals surface area contributed by atoms with Crippen molar-refractivity contribution in [3.8, 4) is 11.3 Å². The van der Waals surface area contributed by atoms with Gasteiger partial charge < -0.3 is 9.73 Å². The van der Waals surface area contributed by atoms with E-state index in [1.807, 2.05) is 38.4 Å². The van der Waals surface area contributed by atoms with Crippen LogP contribution in [-0.4, -0.2) is 12.0 Å². The first kappa shape index (κ1) is 10.8. The molecule has 3 aromatic rings. The number of nitrogens with one attached hydrogen (secondary N) is 1. The Morgan fingerprint density at radius 2 is 1.94 bits per heavy atom. The number of aromatic nitrogens is 1. The summed E-state index contributed by atoms with van der Waals surface area (Å²) in [6.45, 7) is 1.95. The Morgan fingerprint density at radius 1 is 1.06 bits per heavy atom. The van der Waals surface area contributed by atoms with E-state index in [0.29, 0.717) is 0 Å². The van der Waals surface area contributed by atoms with E-state index >= 15 is 0 Å². The van der Waals surface area contributed by atoms with Crippen molar-refractivity contribution in [1.82, 2.24) is 4.98 Å². The summed E-state index contributed by atoms with van der Waals surface area (Å²) >= 11 is 0. The standard InChI is InChI=1S/C15H14N2O/c1-10-3-6-14(18-10)11-4-5-12-9-17-15(16-2)8-13(12)7-11/h3-9H,1-2H3,(H,16,17). The van der Waals surface area contributed by atoms with Gasteiger partial charge in [0, 0.05) is 24.2 Å². The minimum absolute atomic E-state index is 0.871. The smallest absolute Gasteiger partial charge is 0.134 e. The summed E-state index contributed by atoms with van der Waals surface area (Å²) in [5, 5.41) is 5.33. The fourth-order valence-electron chi connectivity index (χ4n) is 2.02. The summed E-state index contributed by atoms with van der Waals surface area (Å²) < 4.78 is 5.64. The number of fused-ring (bicyclic) bond motifs is 1. The lowest BCUT2D eigenvalue weighted by molar-refractivity contribution is 0.548. The van der Waals surface area contributed by atoms with Crippen LogP contribution in [0.15, 0.2) is 47.0 Å². The lowest BCUT2D eigenvalue weighted by Crippen LogP contribution is -1.91. The highest BCUT2D eigenvalue weighted by molar-refractivity contribution is 5.87. The van der Waals surface area contributed by atoms with Crippen molar-refractivity contribution in [3.63, 3.8) is 0 Å². The van der Waals surface area contributed by atoms with Crippen LogP contribution in [0, 0.1) is 6.92 Å². The Morgan fingerprint density at radius 3 is 2.67 bits per heavy atom. The first-order chi connectivity index (χ1) is 8.76. The number of nitrogens with zero attached hydrogens (tertiary/aromatic N) is 1. The molecule has 2 heterocycles. The van der Waals surface area contributed by atoms with E-state index in [9.17, 15) is 0 Å². The van der Waals surface area contributed by atoms with Gasteiger partial charge in [-0.3, -0.25) is 0 Å². The van der Waals surface area contributed by atoms with Gasteiger partial charge in [-0.15, -0.1) is 0 Å². The second-order valence-corrected chi connectivity index (χ2v) is 4.29. The molecule has 3 nitrogen and oxygen atoms in total. The van der Waals surface area contributed by atoms with E-state index in [4.69, 9.17) is 4.42 Å². The van der Waals surface area contributed by atoms with Crippen LogP contribution in [0.2, 0.25) is 0 Å². The van der Waals surface area contributed by atoms with Gasteiger partial charge >= 0.3 is 0 Å². The molecule has 0 aliphatic heterocycles. The van der Waals surface area contributed by atoms with Gasteiger partial charge in [-0.2, -0.15) is 0 Å². The molecule has 0 radical (unpaired) electrons. The van der Waals surface area contributed by atoms with Gasteiger partial charge in [0.25, 0.3) is 0 Å². The third kappa shape index (κ3) is 1.84. The molecule has 0 spiro atoms. The molecule has 2 aromatic heterocycles. The lowest BCUT2D eigenvalue weighted by atomic mass is 10.1.